The number of rotatable bonds is 6. The minimum absolute atomic E-state index is 0.0109. The molecule has 1 aromatic rings. The molecule has 5 heteroatoms. The fourth-order valence-corrected chi connectivity index (χ4v) is 2.95. The van der Waals surface area contributed by atoms with E-state index in [4.69, 9.17) is 5.11 Å². The maximum atomic E-state index is 12.1. The third kappa shape index (κ3) is 5.00. The van der Waals surface area contributed by atoms with Crippen LogP contribution in [0.25, 0.3) is 0 Å². The second-order valence-electron chi connectivity index (χ2n) is 4.16. The Morgan fingerprint density at radius 2 is 2.22 bits per heavy atom. The number of thioether (sulfide) groups is 1. The van der Waals surface area contributed by atoms with Gasteiger partial charge in [-0.15, -0.1) is 0 Å². The SMILES string of the molecule is CSC[C@H](CCO)NC(=O)c1cc(C)cc(Br)c1. The van der Waals surface area contributed by atoms with Crippen LogP contribution in [0.1, 0.15) is 22.3 Å². The van der Waals surface area contributed by atoms with Crippen molar-refractivity contribution in [3.8, 4) is 0 Å². The molecule has 0 aromatic heterocycles. The molecule has 1 aromatic carbocycles. The monoisotopic (exact) mass is 331 g/mol. The highest BCUT2D eigenvalue weighted by Gasteiger charge is 2.13. The Morgan fingerprint density at radius 3 is 2.78 bits per heavy atom. The van der Waals surface area contributed by atoms with Gasteiger partial charge in [0.2, 0.25) is 0 Å². The van der Waals surface area contributed by atoms with E-state index in [1.54, 1.807) is 17.8 Å². The van der Waals surface area contributed by atoms with Crippen LogP contribution in [0.4, 0.5) is 0 Å². The summed E-state index contributed by atoms with van der Waals surface area (Å²) in [5, 5.41) is 11.9. The van der Waals surface area contributed by atoms with Crippen LogP contribution in [0.3, 0.4) is 0 Å². The van der Waals surface area contributed by atoms with Crippen molar-refractivity contribution in [1.29, 1.82) is 0 Å². The quantitative estimate of drug-likeness (QED) is 0.842. The van der Waals surface area contributed by atoms with E-state index in [0.717, 1.165) is 15.8 Å². The second-order valence-corrected chi connectivity index (χ2v) is 5.98. The van der Waals surface area contributed by atoms with Crippen molar-refractivity contribution >= 4 is 33.6 Å². The lowest BCUT2D eigenvalue weighted by molar-refractivity contribution is 0.0935. The molecular weight excluding hydrogens is 314 g/mol. The van der Waals surface area contributed by atoms with Gasteiger partial charge in [0, 0.05) is 28.4 Å². The average Bonchev–Trinajstić information content (AvgIpc) is 2.28. The lowest BCUT2D eigenvalue weighted by Crippen LogP contribution is -2.37. The molecular formula is C13H18BrNO2S. The van der Waals surface area contributed by atoms with E-state index in [9.17, 15) is 4.79 Å². The molecule has 0 aliphatic heterocycles. The first-order valence-corrected chi connectivity index (χ1v) is 7.93. The normalized spacial score (nSPS) is 12.2. The maximum Gasteiger partial charge on any atom is 0.251 e. The first-order chi connectivity index (χ1) is 8.56. The number of amides is 1. The van der Waals surface area contributed by atoms with E-state index in [0.29, 0.717) is 12.0 Å². The summed E-state index contributed by atoms with van der Waals surface area (Å²) >= 11 is 5.04. The molecule has 0 aliphatic carbocycles. The Balaban J connectivity index is 2.73. The van der Waals surface area contributed by atoms with Crippen LogP contribution in [0.5, 0.6) is 0 Å². The molecule has 1 rings (SSSR count). The molecule has 1 amide bonds. The Kier molecular flexibility index (Phi) is 6.75. The number of aliphatic hydroxyl groups excluding tert-OH is 1. The zero-order valence-electron chi connectivity index (χ0n) is 10.6. The van der Waals surface area contributed by atoms with Gasteiger partial charge in [-0.1, -0.05) is 15.9 Å². The first-order valence-electron chi connectivity index (χ1n) is 5.74. The van der Waals surface area contributed by atoms with Gasteiger partial charge < -0.3 is 10.4 Å². The molecule has 18 heavy (non-hydrogen) atoms. The van der Waals surface area contributed by atoms with E-state index in [1.165, 1.54) is 0 Å². The van der Waals surface area contributed by atoms with Crippen LogP contribution >= 0.6 is 27.7 Å². The Labute approximate surface area is 120 Å². The predicted molar refractivity (Wildman–Crippen MR) is 80.2 cm³/mol. The largest absolute Gasteiger partial charge is 0.396 e. The Morgan fingerprint density at radius 1 is 1.50 bits per heavy atom. The molecule has 0 aliphatic rings. The number of hydrogen-bond donors (Lipinski definition) is 2. The van der Waals surface area contributed by atoms with Gasteiger partial charge in [-0.3, -0.25) is 4.79 Å². The molecule has 2 N–H and O–H groups in total. The summed E-state index contributed by atoms with van der Waals surface area (Å²) in [6.07, 6.45) is 2.57. The Bertz CT molecular complexity index is 386. The molecule has 0 spiro atoms. The summed E-state index contributed by atoms with van der Waals surface area (Å²) in [5.41, 5.74) is 1.68. The topological polar surface area (TPSA) is 49.3 Å². The summed E-state index contributed by atoms with van der Waals surface area (Å²) in [4.78, 5) is 12.1. The van der Waals surface area contributed by atoms with E-state index < -0.39 is 0 Å². The van der Waals surface area contributed by atoms with E-state index in [1.807, 2.05) is 25.3 Å². The van der Waals surface area contributed by atoms with Gasteiger partial charge in [0.05, 0.1) is 0 Å². The van der Waals surface area contributed by atoms with Crippen molar-refractivity contribution in [3.63, 3.8) is 0 Å². The van der Waals surface area contributed by atoms with Crippen LogP contribution in [0, 0.1) is 6.92 Å². The molecule has 0 saturated heterocycles. The molecule has 1 atom stereocenters. The van der Waals surface area contributed by atoms with E-state index in [2.05, 4.69) is 21.2 Å². The highest BCUT2D eigenvalue weighted by Crippen LogP contribution is 2.15. The maximum absolute atomic E-state index is 12.1. The molecule has 0 heterocycles. The molecule has 100 valence electrons. The summed E-state index contributed by atoms with van der Waals surface area (Å²) in [6, 6.07) is 5.63. The van der Waals surface area contributed by atoms with E-state index in [-0.39, 0.29) is 18.6 Å². The zero-order valence-corrected chi connectivity index (χ0v) is 13.0. The summed E-state index contributed by atoms with van der Waals surface area (Å²) in [6.45, 7) is 2.04. The first kappa shape index (κ1) is 15.5. The molecule has 0 bridgehead atoms. The van der Waals surface area contributed by atoms with Crippen LogP contribution in [-0.2, 0) is 0 Å². The molecule has 0 radical (unpaired) electrons. The van der Waals surface area contributed by atoms with Crippen molar-refractivity contribution in [2.75, 3.05) is 18.6 Å². The minimum Gasteiger partial charge on any atom is -0.396 e. The zero-order chi connectivity index (χ0) is 13.5. The summed E-state index contributed by atoms with van der Waals surface area (Å²) < 4.78 is 0.899. The van der Waals surface area contributed by atoms with Gasteiger partial charge in [-0.25, -0.2) is 0 Å². The van der Waals surface area contributed by atoms with Crippen molar-refractivity contribution in [3.05, 3.63) is 33.8 Å². The number of halogens is 1. The standard InChI is InChI=1S/C13H18BrNO2S/c1-9-5-10(7-11(14)6-9)13(17)15-12(3-4-16)8-18-2/h5-7,12,16H,3-4,8H2,1-2H3,(H,15,17)/t12-/m0/s1. The third-order valence-corrected chi connectivity index (χ3v) is 3.68. The lowest BCUT2D eigenvalue weighted by Gasteiger charge is -2.17. The lowest BCUT2D eigenvalue weighted by atomic mass is 10.1. The highest BCUT2D eigenvalue weighted by atomic mass is 79.9. The molecule has 0 fully saturated rings. The Hall–Kier alpha value is -0.520. The number of aliphatic hydroxyl groups is 1. The van der Waals surface area contributed by atoms with Gasteiger partial charge in [0.15, 0.2) is 0 Å². The number of aryl methyl sites for hydroxylation is 1. The van der Waals surface area contributed by atoms with Crippen molar-refractivity contribution in [2.24, 2.45) is 0 Å². The van der Waals surface area contributed by atoms with Crippen molar-refractivity contribution < 1.29 is 9.90 Å². The number of benzene rings is 1. The van der Waals surface area contributed by atoms with E-state index >= 15 is 0 Å². The van der Waals surface area contributed by atoms with Crippen molar-refractivity contribution in [2.45, 2.75) is 19.4 Å². The number of carbonyl (C=O) groups excluding carboxylic acids is 1. The third-order valence-electron chi connectivity index (χ3n) is 2.48. The van der Waals surface area contributed by atoms with Crippen LogP contribution in [0.15, 0.2) is 22.7 Å². The average molecular weight is 332 g/mol. The van der Waals surface area contributed by atoms with Gasteiger partial charge in [-0.2, -0.15) is 11.8 Å². The molecule has 0 saturated carbocycles. The fraction of sp³-hybridized carbons (Fsp3) is 0.462. The van der Waals surface area contributed by atoms with Crippen LogP contribution < -0.4 is 5.32 Å². The van der Waals surface area contributed by atoms with Crippen LogP contribution in [-0.4, -0.2) is 35.7 Å². The van der Waals surface area contributed by atoms with Gasteiger partial charge >= 0.3 is 0 Å². The molecule has 0 unspecified atom stereocenters. The predicted octanol–water partition coefficient (Wildman–Crippen LogP) is 2.60. The molecule has 3 nitrogen and oxygen atoms in total. The smallest absolute Gasteiger partial charge is 0.251 e. The summed E-state index contributed by atoms with van der Waals surface area (Å²) in [7, 11) is 0. The fourth-order valence-electron chi connectivity index (χ4n) is 1.69. The number of carbonyl (C=O) groups is 1. The van der Waals surface area contributed by atoms with Gasteiger partial charge in [-0.05, 0) is 43.4 Å². The number of hydrogen-bond acceptors (Lipinski definition) is 3. The second kappa shape index (κ2) is 7.81. The van der Waals surface area contributed by atoms with Gasteiger partial charge in [0.1, 0.15) is 0 Å². The number of nitrogens with one attached hydrogen (secondary N) is 1. The highest BCUT2D eigenvalue weighted by molar-refractivity contribution is 9.10. The van der Waals surface area contributed by atoms with Gasteiger partial charge in [0.25, 0.3) is 5.91 Å². The minimum atomic E-state index is -0.0908. The van der Waals surface area contributed by atoms with Crippen molar-refractivity contribution in [1.82, 2.24) is 5.32 Å². The summed E-state index contributed by atoms with van der Waals surface area (Å²) in [5.74, 6) is 0.714. The van der Waals surface area contributed by atoms with Crippen LogP contribution in [0.2, 0.25) is 0 Å².